The second kappa shape index (κ2) is 11.0. The number of benzene rings is 2. The fourth-order valence-corrected chi connectivity index (χ4v) is 5.85. The van der Waals surface area contributed by atoms with Crippen LogP contribution in [0.5, 0.6) is 0 Å². The molecule has 4 aromatic rings. The van der Waals surface area contributed by atoms with E-state index in [1.807, 2.05) is 43.5 Å². The predicted molar refractivity (Wildman–Crippen MR) is 155 cm³/mol. The highest BCUT2D eigenvalue weighted by molar-refractivity contribution is 6.31. The van der Waals surface area contributed by atoms with Crippen LogP contribution in [0, 0.1) is 24.5 Å². The van der Waals surface area contributed by atoms with Crippen LogP contribution in [0.4, 0.5) is 20.4 Å². The van der Waals surface area contributed by atoms with Crippen molar-refractivity contribution in [3.8, 4) is 11.3 Å². The van der Waals surface area contributed by atoms with Gasteiger partial charge in [0, 0.05) is 61.6 Å². The maximum absolute atomic E-state index is 15.0. The third-order valence-corrected chi connectivity index (χ3v) is 8.19. The summed E-state index contributed by atoms with van der Waals surface area (Å²) in [5, 5.41) is 3.77. The van der Waals surface area contributed by atoms with Gasteiger partial charge in [0.25, 0.3) is 0 Å². The van der Waals surface area contributed by atoms with E-state index < -0.39 is 11.6 Å². The molecule has 3 heterocycles. The van der Waals surface area contributed by atoms with Gasteiger partial charge in [-0.2, -0.15) is 0 Å². The highest BCUT2D eigenvalue weighted by atomic mass is 35.5. The lowest BCUT2D eigenvalue weighted by Crippen LogP contribution is -2.46. The number of halogens is 3. The molecule has 0 amide bonds. The van der Waals surface area contributed by atoms with Crippen molar-refractivity contribution in [1.29, 1.82) is 0 Å². The average Bonchev–Trinajstić information content (AvgIpc) is 3.66. The van der Waals surface area contributed by atoms with Crippen molar-refractivity contribution in [1.82, 2.24) is 29.3 Å². The molecule has 2 aliphatic rings. The standard InChI is InChI=1S/C30H34ClF2N7/c1-18(2)40-19(3)35-29-25(32)12-22(13-27(29)40)28-26(33)15-34-30(37-28)36-23-7-6-21(24(31)14-23)17-39-10-8-38(9-11-39)16-20-4-5-20/h6-7,12-15,18,20H,4-5,8-11,16-17H2,1-3H3,(H,34,36,37). The largest absolute Gasteiger partial charge is 0.326 e. The third-order valence-electron chi connectivity index (χ3n) is 7.84. The maximum Gasteiger partial charge on any atom is 0.227 e. The van der Waals surface area contributed by atoms with E-state index in [0.29, 0.717) is 27.6 Å². The van der Waals surface area contributed by atoms with Crippen molar-refractivity contribution in [2.24, 2.45) is 5.92 Å². The van der Waals surface area contributed by atoms with Gasteiger partial charge in [0.2, 0.25) is 5.95 Å². The van der Waals surface area contributed by atoms with Crippen LogP contribution in [0.2, 0.25) is 5.02 Å². The van der Waals surface area contributed by atoms with Crippen molar-refractivity contribution in [2.45, 2.75) is 46.2 Å². The van der Waals surface area contributed by atoms with Crippen LogP contribution >= 0.6 is 11.6 Å². The SMILES string of the molecule is Cc1nc2c(F)cc(-c3nc(Nc4ccc(CN5CCN(CC6CC6)CC5)c(Cl)c4)ncc3F)cc2n1C(C)C. The first-order valence-electron chi connectivity index (χ1n) is 14.0. The summed E-state index contributed by atoms with van der Waals surface area (Å²) in [6, 6.07) is 8.83. The molecule has 6 rings (SSSR count). The molecule has 210 valence electrons. The monoisotopic (exact) mass is 565 g/mol. The molecule has 2 aromatic carbocycles. The number of imidazole rings is 1. The number of rotatable bonds is 8. The molecular weight excluding hydrogens is 532 g/mol. The Labute approximate surface area is 238 Å². The summed E-state index contributed by atoms with van der Waals surface area (Å²) in [6.07, 6.45) is 3.87. The van der Waals surface area contributed by atoms with E-state index in [-0.39, 0.29) is 23.2 Å². The zero-order valence-corrected chi connectivity index (χ0v) is 23.8. The van der Waals surface area contributed by atoms with Crippen LogP contribution in [-0.4, -0.2) is 62.0 Å². The quantitative estimate of drug-likeness (QED) is 0.260. The zero-order chi connectivity index (χ0) is 28.0. The molecule has 0 unspecified atom stereocenters. The molecule has 1 aliphatic carbocycles. The fourth-order valence-electron chi connectivity index (χ4n) is 5.61. The number of aromatic nitrogens is 4. The van der Waals surface area contributed by atoms with Gasteiger partial charge in [-0.1, -0.05) is 17.7 Å². The number of anilines is 2. The van der Waals surface area contributed by atoms with Gasteiger partial charge >= 0.3 is 0 Å². The number of hydrogen-bond donors (Lipinski definition) is 1. The normalized spacial score (nSPS) is 16.8. The Morgan fingerprint density at radius 3 is 2.45 bits per heavy atom. The molecule has 1 N–H and O–H groups in total. The number of aryl methyl sites for hydroxylation is 1. The van der Waals surface area contributed by atoms with E-state index in [9.17, 15) is 4.39 Å². The lowest BCUT2D eigenvalue weighted by Gasteiger charge is -2.35. The Kier molecular flexibility index (Phi) is 7.46. The van der Waals surface area contributed by atoms with Gasteiger partial charge in [0.05, 0.1) is 11.7 Å². The Hall–Kier alpha value is -3.14. The van der Waals surface area contributed by atoms with Crippen LogP contribution < -0.4 is 5.32 Å². The van der Waals surface area contributed by atoms with E-state index in [4.69, 9.17) is 11.6 Å². The second-order valence-corrected chi connectivity index (χ2v) is 11.7. The van der Waals surface area contributed by atoms with E-state index in [2.05, 4.69) is 30.1 Å². The van der Waals surface area contributed by atoms with E-state index in [0.717, 1.165) is 50.4 Å². The van der Waals surface area contributed by atoms with Crippen LogP contribution in [0.1, 0.15) is 44.1 Å². The van der Waals surface area contributed by atoms with Gasteiger partial charge in [-0.15, -0.1) is 0 Å². The molecule has 2 fully saturated rings. The predicted octanol–water partition coefficient (Wildman–Crippen LogP) is 6.59. The lowest BCUT2D eigenvalue weighted by molar-refractivity contribution is 0.123. The molecule has 0 atom stereocenters. The highest BCUT2D eigenvalue weighted by Crippen LogP contribution is 2.32. The van der Waals surface area contributed by atoms with Crippen molar-refractivity contribution < 1.29 is 8.78 Å². The summed E-state index contributed by atoms with van der Waals surface area (Å²) in [7, 11) is 0. The number of piperazine rings is 1. The summed E-state index contributed by atoms with van der Waals surface area (Å²) >= 11 is 6.66. The molecule has 0 bridgehead atoms. The van der Waals surface area contributed by atoms with Gasteiger partial charge < -0.3 is 14.8 Å². The van der Waals surface area contributed by atoms with Crippen LogP contribution in [-0.2, 0) is 6.54 Å². The fraction of sp³-hybridized carbons (Fsp3) is 0.433. The molecule has 7 nitrogen and oxygen atoms in total. The Morgan fingerprint density at radius 1 is 1.00 bits per heavy atom. The Balaban J connectivity index is 1.18. The summed E-state index contributed by atoms with van der Waals surface area (Å²) in [5.41, 5.74) is 2.94. The van der Waals surface area contributed by atoms with E-state index in [1.165, 1.54) is 25.5 Å². The number of hydrogen-bond acceptors (Lipinski definition) is 6. The van der Waals surface area contributed by atoms with Crippen LogP contribution in [0.25, 0.3) is 22.3 Å². The molecule has 0 radical (unpaired) electrons. The van der Waals surface area contributed by atoms with Gasteiger partial charge in [-0.25, -0.2) is 23.7 Å². The third kappa shape index (κ3) is 5.68. The molecule has 10 heteroatoms. The van der Waals surface area contributed by atoms with Gasteiger partial charge in [0.15, 0.2) is 11.6 Å². The highest BCUT2D eigenvalue weighted by Gasteiger charge is 2.26. The van der Waals surface area contributed by atoms with Crippen LogP contribution in [0.3, 0.4) is 0 Å². The van der Waals surface area contributed by atoms with Crippen molar-refractivity contribution >= 4 is 34.3 Å². The topological polar surface area (TPSA) is 62.1 Å². The summed E-state index contributed by atoms with van der Waals surface area (Å²) in [6.45, 7) is 12.2. The molecule has 0 spiro atoms. The molecule has 1 saturated carbocycles. The Bertz CT molecular complexity index is 1540. The first kappa shape index (κ1) is 27.1. The zero-order valence-electron chi connectivity index (χ0n) is 23.1. The molecule has 2 aromatic heterocycles. The Morgan fingerprint density at radius 2 is 1.75 bits per heavy atom. The summed E-state index contributed by atoms with van der Waals surface area (Å²) < 4.78 is 31.8. The van der Waals surface area contributed by atoms with E-state index in [1.54, 1.807) is 6.07 Å². The number of nitrogens with zero attached hydrogens (tertiary/aromatic N) is 6. The van der Waals surface area contributed by atoms with Gasteiger partial charge in [-0.3, -0.25) is 4.90 Å². The summed E-state index contributed by atoms with van der Waals surface area (Å²) in [5.74, 6) is 0.658. The minimum Gasteiger partial charge on any atom is -0.326 e. The number of nitrogens with one attached hydrogen (secondary N) is 1. The van der Waals surface area contributed by atoms with Crippen molar-refractivity contribution in [3.63, 3.8) is 0 Å². The first-order valence-corrected chi connectivity index (χ1v) is 14.3. The number of fused-ring (bicyclic) bond motifs is 1. The average molecular weight is 566 g/mol. The van der Waals surface area contributed by atoms with Crippen molar-refractivity contribution in [3.05, 3.63) is 64.6 Å². The molecule has 1 aliphatic heterocycles. The van der Waals surface area contributed by atoms with E-state index >= 15 is 4.39 Å². The molecular formula is C30H34ClF2N7. The summed E-state index contributed by atoms with van der Waals surface area (Å²) in [4.78, 5) is 17.9. The minimum absolute atomic E-state index is 0.0102. The molecule has 40 heavy (non-hydrogen) atoms. The molecule has 1 saturated heterocycles. The van der Waals surface area contributed by atoms with Crippen LogP contribution in [0.15, 0.2) is 36.5 Å². The lowest BCUT2D eigenvalue weighted by atomic mass is 10.1. The smallest absolute Gasteiger partial charge is 0.227 e. The van der Waals surface area contributed by atoms with Crippen molar-refractivity contribution in [2.75, 3.05) is 38.0 Å². The van der Waals surface area contributed by atoms with Gasteiger partial charge in [0.1, 0.15) is 17.0 Å². The van der Waals surface area contributed by atoms with Gasteiger partial charge in [-0.05, 0) is 69.4 Å². The first-order chi connectivity index (χ1) is 19.2. The second-order valence-electron chi connectivity index (χ2n) is 11.3. The minimum atomic E-state index is -0.637. The maximum atomic E-state index is 15.0.